The third kappa shape index (κ3) is 3.75. The Labute approximate surface area is 156 Å². The van der Waals surface area contributed by atoms with E-state index in [9.17, 15) is 4.79 Å². The quantitative estimate of drug-likeness (QED) is 0.686. The lowest BCUT2D eigenvalue weighted by Gasteiger charge is -2.17. The number of halogens is 1. The maximum absolute atomic E-state index is 12.6. The summed E-state index contributed by atoms with van der Waals surface area (Å²) in [5, 5.41) is 6.62. The molecule has 3 aromatic rings. The van der Waals surface area contributed by atoms with Crippen molar-refractivity contribution in [3.63, 3.8) is 0 Å². The molecule has 0 fully saturated rings. The van der Waals surface area contributed by atoms with Gasteiger partial charge in [0.2, 0.25) is 5.91 Å². The topological polar surface area (TPSA) is 76.4 Å². The van der Waals surface area contributed by atoms with E-state index < -0.39 is 6.04 Å². The highest BCUT2D eigenvalue weighted by Crippen LogP contribution is 2.31. The van der Waals surface area contributed by atoms with E-state index in [1.807, 2.05) is 25.1 Å². The highest BCUT2D eigenvalue weighted by Gasteiger charge is 2.16. The molecule has 6 nitrogen and oxygen atoms in total. The summed E-state index contributed by atoms with van der Waals surface area (Å²) in [5.74, 6) is 0.926. The van der Waals surface area contributed by atoms with Gasteiger partial charge in [0, 0.05) is 23.7 Å². The molecule has 2 N–H and O–H groups in total. The number of ether oxygens (including phenoxy) is 1. The molecule has 0 aliphatic heterocycles. The summed E-state index contributed by atoms with van der Waals surface area (Å²) in [6.07, 6.45) is 0. The zero-order valence-electron chi connectivity index (χ0n) is 15.0. The number of methoxy groups -OCH3 is 1. The first-order valence-electron chi connectivity index (χ1n) is 8.16. The van der Waals surface area contributed by atoms with Gasteiger partial charge in [0.25, 0.3) is 0 Å². The van der Waals surface area contributed by atoms with Crippen LogP contribution in [0.4, 0.5) is 11.4 Å². The molecule has 0 aliphatic carbocycles. The van der Waals surface area contributed by atoms with E-state index >= 15 is 0 Å². The first-order chi connectivity index (χ1) is 12.4. The summed E-state index contributed by atoms with van der Waals surface area (Å²) in [4.78, 5) is 16.9. The maximum atomic E-state index is 12.6. The fraction of sp³-hybridized carbons (Fsp3) is 0.263. The predicted octanol–water partition coefficient (Wildman–Crippen LogP) is 4.55. The molecule has 0 aliphatic rings. The van der Waals surface area contributed by atoms with Gasteiger partial charge in [-0.05, 0) is 43.7 Å². The van der Waals surface area contributed by atoms with Gasteiger partial charge in [-0.1, -0.05) is 11.6 Å². The molecule has 7 heteroatoms. The van der Waals surface area contributed by atoms with Crippen LogP contribution in [-0.4, -0.2) is 24.0 Å². The number of nitrogens with one attached hydrogen (secondary N) is 2. The second kappa shape index (κ2) is 7.25. The lowest BCUT2D eigenvalue weighted by Crippen LogP contribution is -2.32. The Bertz CT molecular complexity index is 968. The number of carbonyl (C=O) groups is 1. The molecule has 26 heavy (non-hydrogen) atoms. The summed E-state index contributed by atoms with van der Waals surface area (Å²) in [5.41, 5.74) is 3.68. The van der Waals surface area contributed by atoms with Crippen molar-refractivity contribution in [3.8, 4) is 5.75 Å². The largest absolute Gasteiger partial charge is 0.495 e. The number of hydrogen-bond donors (Lipinski definition) is 2. The van der Waals surface area contributed by atoms with Gasteiger partial charge in [0.15, 0.2) is 11.5 Å². The van der Waals surface area contributed by atoms with Crippen LogP contribution in [0.25, 0.3) is 11.1 Å². The van der Waals surface area contributed by atoms with Crippen molar-refractivity contribution in [2.24, 2.45) is 0 Å². The van der Waals surface area contributed by atoms with Crippen molar-refractivity contribution in [1.29, 1.82) is 0 Å². The fourth-order valence-corrected chi connectivity index (χ4v) is 2.77. The van der Waals surface area contributed by atoms with Crippen LogP contribution in [0, 0.1) is 13.8 Å². The Morgan fingerprint density at radius 1 is 1.27 bits per heavy atom. The van der Waals surface area contributed by atoms with Crippen molar-refractivity contribution in [1.82, 2.24) is 4.98 Å². The van der Waals surface area contributed by atoms with Crippen LogP contribution in [0.15, 0.2) is 34.7 Å². The molecule has 1 heterocycles. The van der Waals surface area contributed by atoms with E-state index in [1.54, 1.807) is 26.0 Å². The van der Waals surface area contributed by atoms with E-state index in [-0.39, 0.29) is 5.91 Å². The molecule has 0 spiro atoms. The SMILES string of the molecule is COc1cc(Cl)c(C)cc1NC(=O)[C@H](C)Nc1ccc2oc(C)nc2c1. The van der Waals surface area contributed by atoms with E-state index in [4.69, 9.17) is 20.8 Å². The molecule has 1 amide bonds. The molecule has 0 unspecified atom stereocenters. The second-order valence-corrected chi connectivity index (χ2v) is 6.48. The second-order valence-electron chi connectivity index (χ2n) is 6.07. The number of benzene rings is 2. The number of anilines is 2. The average molecular weight is 374 g/mol. The van der Waals surface area contributed by atoms with Crippen molar-refractivity contribution < 1.29 is 13.9 Å². The first kappa shape index (κ1) is 18.1. The van der Waals surface area contributed by atoms with Gasteiger partial charge in [-0.15, -0.1) is 0 Å². The monoisotopic (exact) mass is 373 g/mol. The summed E-state index contributed by atoms with van der Waals surface area (Å²) >= 11 is 6.10. The number of hydrogen-bond acceptors (Lipinski definition) is 5. The van der Waals surface area contributed by atoms with Crippen LogP contribution >= 0.6 is 11.6 Å². The zero-order valence-corrected chi connectivity index (χ0v) is 15.8. The Morgan fingerprint density at radius 2 is 2.04 bits per heavy atom. The molecule has 2 aromatic carbocycles. The van der Waals surface area contributed by atoms with Crippen molar-refractivity contribution in [2.75, 3.05) is 17.7 Å². The van der Waals surface area contributed by atoms with Crippen molar-refractivity contribution in [3.05, 3.63) is 46.8 Å². The Kier molecular flexibility index (Phi) is 5.04. The number of rotatable bonds is 5. The van der Waals surface area contributed by atoms with Crippen LogP contribution in [0.1, 0.15) is 18.4 Å². The van der Waals surface area contributed by atoms with E-state index in [1.165, 1.54) is 7.11 Å². The van der Waals surface area contributed by atoms with Gasteiger partial charge in [-0.2, -0.15) is 0 Å². The summed E-state index contributed by atoms with van der Waals surface area (Å²) in [6.45, 7) is 5.45. The maximum Gasteiger partial charge on any atom is 0.246 e. The number of oxazole rings is 1. The highest BCUT2D eigenvalue weighted by atomic mass is 35.5. The van der Waals surface area contributed by atoms with Crippen LogP contribution in [0.5, 0.6) is 5.75 Å². The molecular weight excluding hydrogens is 354 g/mol. The van der Waals surface area contributed by atoms with E-state index in [0.29, 0.717) is 27.9 Å². The predicted molar refractivity (Wildman–Crippen MR) is 103 cm³/mol. The molecule has 0 saturated heterocycles. The van der Waals surface area contributed by atoms with Crippen molar-refractivity contribution >= 4 is 40.0 Å². The Hall–Kier alpha value is -2.73. The average Bonchev–Trinajstić information content (AvgIpc) is 2.97. The minimum atomic E-state index is -0.471. The summed E-state index contributed by atoms with van der Waals surface area (Å²) < 4.78 is 10.8. The normalized spacial score (nSPS) is 12.0. The van der Waals surface area contributed by atoms with Gasteiger partial charge in [0.1, 0.15) is 17.3 Å². The molecule has 1 atom stereocenters. The molecule has 0 saturated carbocycles. The third-order valence-electron chi connectivity index (χ3n) is 4.01. The summed E-state index contributed by atoms with van der Waals surface area (Å²) in [6, 6.07) is 8.53. The standard InChI is InChI=1S/C19H20ClN3O3/c1-10-7-15(18(25-4)9-14(10)20)23-19(24)11(2)21-13-5-6-17-16(8-13)22-12(3)26-17/h5-9,11,21H,1-4H3,(H,23,24)/t11-/m0/s1. The van der Waals surface area contributed by atoms with Crippen LogP contribution < -0.4 is 15.4 Å². The highest BCUT2D eigenvalue weighted by molar-refractivity contribution is 6.31. The molecule has 3 rings (SSSR count). The molecular formula is C19H20ClN3O3. The van der Waals surface area contributed by atoms with E-state index in [2.05, 4.69) is 15.6 Å². The molecule has 136 valence electrons. The van der Waals surface area contributed by atoms with Gasteiger partial charge in [-0.3, -0.25) is 4.79 Å². The molecule has 0 bridgehead atoms. The smallest absolute Gasteiger partial charge is 0.246 e. The first-order valence-corrected chi connectivity index (χ1v) is 8.54. The lowest BCUT2D eigenvalue weighted by molar-refractivity contribution is -0.116. The van der Waals surface area contributed by atoms with Crippen LogP contribution in [0.3, 0.4) is 0 Å². The number of carbonyl (C=O) groups excluding carboxylic acids is 1. The van der Waals surface area contributed by atoms with Gasteiger partial charge in [-0.25, -0.2) is 4.98 Å². The number of aromatic nitrogens is 1. The third-order valence-corrected chi connectivity index (χ3v) is 4.42. The van der Waals surface area contributed by atoms with Crippen molar-refractivity contribution in [2.45, 2.75) is 26.8 Å². The number of aryl methyl sites for hydroxylation is 2. The molecule has 1 aromatic heterocycles. The van der Waals surface area contributed by atoms with Crippen LogP contribution in [-0.2, 0) is 4.79 Å². The summed E-state index contributed by atoms with van der Waals surface area (Å²) in [7, 11) is 1.54. The van der Waals surface area contributed by atoms with Gasteiger partial charge >= 0.3 is 0 Å². The minimum Gasteiger partial charge on any atom is -0.495 e. The number of nitrogens with zero attached hydrogens (tertiary/aromatic N) is 1. The Morgan fingerprint density at radius 3 is 2.77 bits per heavy atom. The van der Waals surface area contributed by atoms with Gasteiger partial charge < -0.3 is 19.8 Å². The van der Waals surface area contributed by atoms with E-state index in [0.717, 1.165) is 16.8 Å². The molecule has 0 radical (unpaired) electrons. The zero-order chi connectivity index (χ0) is 18.8. The van der Waals surface area contributed by atoms with Crippen LogP contribution in [0.2, 0.25) is 5.02 Å². The number of amides is 1. The van der Waals surface area contributed by atoms with Gasteiger partial charge in [0.05, 0.1) is 12.8 Å². The lowest BCUT2D eigenvalue weighted by atomic mass is 10.2. The fourth-order valence-electron chi connectivity index (χ4n) is 2.62. The number of fused-ring (bicyclic) bond motifs is 1. The minimum absolute atomic E-state index is 0.193. The Balaban J connectivity index is 1.74.